The number of carbonyl (C=O) groups excluding carboxylic acids is 2. The summed E-state index contributed by atoms with van der Waals surface area (Å²) in [6, 6.07) is 11.1. The molecule has 200 valence electrons. The first kappa shape index (κ1) is 26.6. The lowest BCUT2D eigenvalue weighted by Crippen LogP contribution is -2.48. The first-order chi connectivity index (χ1) is 18.3. The molecule has 3 aromatic rings. The third kappa shape index (κ3) is 5.40. The first-order valence-corrected chi connectivity index (χ1v) is 15.8. The maximum atomic E-state index is 13.6. The molecule has 2 aliphatic rings. The van der Waals surface area contributed by atoms with Crippen LogP contribution in [0.4, 0.5) is 0 Å². The molecule has 1 amide bonds. The second-order valence-corrected chi connectivity index (χ2v) is 13.3. The number of fused-ring (bicyclic) bond motifs is 2. The molecule has 2 unspecified atom stereocenters. The van der Waals surface area contributed by atoms with Gasteiger partial charge in [-0.2, -0.15) is 0 Å². The second-order valence-electron chi connectivity index (χ2n) is 10.1. The lowest BCUT2D eigenvalue weighted by molar-refractivity contribution is -0.138. The fourth-order valence-electron chi connectivity index (χ4n) is 5.53. The molecule has 7 nitrogen and oxygen atoms in total. The number of hydrogen-bond acceptors (Lipinski definition) is 7. The van der Waals surface area contributed by atoms with Crippen molar-refractivity contribution in [2.75, 3.05) is 18.1 Å². The van der Waals surface area contributed by atoms with Crippen molar-refractivity contribution in [3.8, 4) is 0 Å². The number of aromatic nitrogens is 1. The van der Waals surface area contributed by atoms with Crippen molar-refractivity contribution in [2.45, 2.75) is 58.0 Å². The van der Waals surface area contributed by atoms with Gasteiger partial charge >= 0.3 is 5.97 Å². The molecule has 1 aliphatic carbocycles. The van der Waals surface area contributed by atoms with Crippen molar-refractivity contribution in [3.63, 3.8) is 0 Å². The Bertz CT molecular complexity index is 1490. The highest BCUT2D eigenvalue weighted by molar-refractivity contribution is 7.91. The van der Waals surface area contributed by atoms with E-state index in [4.69, 9.17) is 9.72 Å². The largest absolute Gasteiger partial charge is 0.452 e. The number of pyridine rings is 1. The highest BCUT2D eigenvalue weighted by atomic mass is 32.2. The third-order valence-electron chi connectivity index (χ3n) is 7.52. The molecule has 5 rings (SSSR count). The van der Waals surface area contributed by atoms with Crippen molar-refractivity contribution in [3.05, 3.63) is 63.5 Å². The molecule has 0 radical (unpaired) electrons. The highest BCUT2D eigenvalue weighted by Crippen LogP contribution is 2.37. The Hall–Kier alpha value is -3.04. The van der Waals surface area contributed by atoms with Gasteiger partial charge in [0, 0.05) is 22.3 Å². The van der Waals surface area contributed by atoms with Crippen molar-refractivity contribution in [1.29, 1.82) is 0 Å². The fourth-order valence-corrected chi connectivity index (χ4v) is 7.92. The Balaban J connectivity index is 1.45. The number of ether oxygens (including phenoxy) is 1. The minimum atomic E-state index is -3.16. The van der Waals surface area contributed by atoms with Crippen LogP contribution in [0.1, 0.15) is 66.0 Å². The zero-order chi connectivity index (χ0) is 26.9. The van der Waals surface area contributed by atoms with E-state index in [0.717, 1.165) is 34.5 Å². The lowest BCUT2D eigenvalue weighted by Gasteiger charge is -2.33. The zero-order valence-electron chi connectivity index (χ0n) is 21.7. The smallest absolute Gasteiger partial charge is 0.339 e. The summed E-state index contributed by atoms with van der Waals surface area (Å²) in [6.07, 6.45) is 5.69. The number of para-hydroxylation sites is 1. The van der Waals surface area contributed by atoms with Crippen LogP contribution in [0.2, 0.25) is 0 Å². The number of allylic oxidation sites excluding steroid dienone is 1. The van der Waals surface area contributed by atoms with Crippen molar-refractivity contribution in [2.24, 2.45) is 0 Å². The molecule has 38 heavy (non-hydrogen) atoms. The summed E-state index contributed by atoms with van der Waals surface area (Å²) in [5, 5.41) is 2.75. The van der Waals surface area contributed by atoms with E-state index in [-0.39, 0.29) is 29.5 Å². The number of hydrogen-bond donors (Lipinski definition) is 0. The monoisotopic (exact) mass is 552 g/mol. The van der Waals surface area contributed by atoms with Crippen molar-refractivity contribution < 1.29 is 22.7 Å². The average molecular weight is 553 g/mol. The quantitative estimate of drug-likeness (QED) is 0.377. The maximum Gasteiger partial charge on any atom is 0.339 e. The zero-order valence-corrected chi connectivity index (χ0v) is 23.3. The minimum absolute atomic E-state index is 0.0428. The van der Waals surface area contributed by atoms with Gasteiger partial charge in [0.05, 0.1) is 28.3 Å². The van der Waals surface area contributed by atoms with Gasteiger partial charge in [-0.15, -0.1) is 11.3 Å². The van der Waals surface area contributed by atoms with Gasteiger partial charge in [-0.05, 0) is 73.8 Å². The predicted molar refractivity (Wildman–Crippen MR) is 151 cm³/mol. The van der Waals surface area contributed by atoms with Crippen LogP contribution in [-0.4, -0.2) is 60.4 Å². The molecule has 1 saturated heterocycles. The van der Waals surface area contributed by atoms with Crippen LogP contribution >= 0.6 is 11.3 Å². The number of nitrogens with zero attached hydrogens (tertiary/aromatic N) is 2. The van der Waals surface area contributed by atoms with Crippen LogP contribution in [0.5, 0.6) is 0 Å². The van der Waals surface area contributed by atoms with E-state index in [9.17, 15) is 18.0 Å². The number of rotatable bonds is 7. The van der Waals surface area contributed by atoms with E-state index in [2.05, 4.69) is 12.1 Å². The van der Waals surface area contributed by atoms with Gasteiger partial charge in [-0.25, -0.2) is 18.2 Å². The van der Waals surface area contributed by atoms with Crippen LogP contribution < -0.4 is 0 Å². The standard InChI is InChI=1S/C29H32N2O5S2/c1-3-19(2)31(21-13-15-38(34,35)18-21)26(32)17-36-29(33)27-23-10-4-5-12-25(23)30-28-20(8-6-11-24(27)28)16-22-9-7-14-37-22/h4-5,7,9-10,12,14,16,19,21H,3,6,8,11,13,15,17-18H2,1-2H3/b20-16-. The molecule has 1 aliphatic heterocycles. The molecule has 0 spiro atoms. The molecule has 2 aromatic heterocycles. The molecule has 3 heterocycles. The molecule has 1 fully saturated rings. The van der Waals surface area contributed by atoms with Gasteiger partial charge in [0.2, 0.25) is 0 Å². The van der Waals surface area contributed by atoms with Gasteiger partial charge in [0.15, 0.2) is 16.4 Å². The molecule has 1 aromatic carbocycles. The Morgan fingerprint density at radius 1 is 1.21 bits per heavy atom. The second kappa shape index (κ2) is 11.0. The molecule has 2 atom stereocenters. The van der Waals surface area contributed by atoms with Gasteiger partial charge in [0.1, 0.15) is 0 Å². The van der Waals surface area contributed by atoms with E-state index in [1.54, 1.807) is 16.2 Å². The molecule has 0 N–H and O–H groups in total. The molecule has 0 saturated carbocycles. The van der Waals surface area contributed by atoms with Gasteiger partial charge in [-0.3, -0.25) is 4.79 Å². The molecular weight excluding hydrogens is 520 g/mol. The van der Waals surface area contributed by atoms with Gasteiger partial charge < -0.3 is 9.64 Å². The first-order valence-electron chi connectivity index (χ1n) is 13.1. The molecular formula is C29H32N2O5S2. The summed E-state index contributed by atoms with van der Waals surface area (Å²) in [6.45, 7) is 3.43. The number of carbonyl (C=O) groups is 2. The summed E-state index contributed by atoms with van der Waals surface area (Å²) < 4.78 is 29.8. The predicted octanol–water partition coefficient (Wildman–Crippen LogP) is 5.14. The van der Waals surface area contributed by atoms with Gasteiger partial charge in [-0.1, -0.05) is 31.2 Å². The Morgan fingerprint density at radius 3 is 2.74 bits per heavy atom. The average Bonchev–Trinajstić information content (AvgIpc) is 3.55. The topological polar surface area (TPSA) is 93.6 Å². The van der Waals surface area contributed by atoms with E-state index in [0.29, 0.717) is 35.7 Å². The van der Waals surface area contributed by atoms with Crippen molar-refractivity contribution >= 4 is 55.6 Å². The van der Waals surface area contributed by atoms with Crippen LogP contribution in [0, 0.1) is 0 Å². The maximum absolute atomic E-state index is 13.6. The van der Waals surface area contributed by atoms with E-state index in [1.807, 2.05) is 49.6 Å². The van der Waals surface area contributed by atoms with E-state index >= 15 is 0 Å². The third-order valence-corrected chi connectivity index (χ3v) is 10.1. The minimum Gasteiger partial charge on any atom is -0.452 e. The number of esters is 1. The Kier molecular flexibility index (Phi) is 7.68. The Labute approximate surface area is 227 Å². The number of thiophene rings is 1. The van der Waals surface area contributed by atoms with Gasteiger partial charge in [0.25, 0.3) is 5.91 Å². The summed E-state index contributed by atoms with van der Waals surface area (Å²) >= 11 is 1.66. The van der Waals surface area contributed by atoms with Crippen LogP contribution in [0.15, 0.2) is 41.8 Å². The molecule has 0 bridgehead atoms. The SMILES string of the molecule is CCC(C)N(C(=O)COC(=O)c1c2c(nc3ccccc13)/C(=C\c1cccs1)CCC2)C1CCS(=O)(=O)C1. The normalized spacial score (nSPS) is 20.3. The number of amides is 1. The summed E-state index contributed by atoms with van der Waals surface area (Å²) in [7, 11) is -3.16. The highest BCUT2D eigenvalue weighted by Gasteiger charge is 2.37. The van der Waals surface area contributed by atoms with Crippen LogP contribution in [-0.2, 0) is 25.8 Å². The van der Waals surface area contributed by atoms with Crippen LogP contribution in [0.3, 0.4) is 0 Å². The summed E-state index contributed by atoms with van der Waals surface area (Å²) in [5.74, 6) is -0.874. The summed E-state index contributed by atoms with van der Waals surface area (Å²) in [4.78, 5) is 34.6. The van der Waals surface area contributed by atoms with E-state index < -0.39 is 22.4 Å². The summed E-state index contributed by atoms with van der Waals surface area (Å²) in [5.41, 5.74) is 3.94. The number of sulfone groups is 1. The lowest BCUT2D eigenvalue weighted by atomic mass is 9.86. The molecule has 9 heteroatoms. The fraction of sp³-hybridized carbons (Fsp3) is 0.414. The Morgan fingerprint density at radius 2 is 2.03 bits per heavy atom. The van der Waals surface area contributed by atoms with E-state index in [1.165, 1.54) is 0 Å². The van der Waals surface area contributed by atoms with Crippen LogP contribution in [0.25, 0.3) is 22.6 Å². The number of benzene rings is 1. The van der Waals surface area contributed by atoms with Crippen molar-refractivity contribution in [1.82, 2.24) is 9.88 Å².